The molecule has 5 heteroatoms. The van der Waals surface area contributed by atoms with Crippen molar-refractivity contribution >= 4 is 23.5 Å². The summed E-state index contributed by atoms with van der Waals surface area (Å²) in [4.78, 5) is 48.1. The Labute approximate surface area is 137 Å². The first-order valence-corrected chi connectivity index (χ1v) is 8.18. The fourth-order valence-electron chi connectivity index (χ4n) is 4.27. The number of Topliss-reactive ketones (excluding diaryl/α,β-unsaturated/α-hetero) is 2. The number of cyclic esters (lactones) is 2. The molecule has 0 spiro atoms. The summed E-state index contributed by atoms with van der Waals surface area (Å²) in [5, 5.41) is 0. The number of ether oxygens (including phenoxy) is 1. The first-order chi connectivity index (χ1) is 11.5. The van der Waals surface area contributed by atoms with Crippen LogP contribution in [0.5, 0.6) is 0 Å². The molecule has 5 aliphatic rings. The summed E-state index contributed by atoms with van der Waals surface area (Å²) in [6.07, 6.45) is 11.4. The van der Waals surface area contributed by atoms with Gasteiger partial charge >= 0.3 is 11.9 Å². The highest BCUT2D eigenvalue weighted by Gasteiger charge is 2.57. The fraction of sp³-hybridized carbons (Fsp3) is 0.368. The van der Waals surface area contributed by atoms with E-state index in [1.54, 1.807) is 18.2 Å². The van der Waals surface area contributed by atoms with Gasteiger partial charge in [0.1, 0.15) is 11.6 Å². The van der Waals surface area contributed by atoms with Gasteiger partial charge in [0.05, 0.1) is 17.8 Å². The average Bonchev–Trinajstić information content (AvgIpc) is 3.34. The highest BCUT2D eigenvalue weighted by molar-refractivity contribution is 6.05. The molecule has 4 aliphatic carbocycles. The summed E-state index contributed by atoms with van der Waals surface area (Å²) in [6, 6.07) is 0. The van der Waals surface area contributed by atoms with Crippen LogP contribution in [-0.2, 0) is 23.9 Å². The molecule has 1 heterocycles. The van der Waals surface area contributed by atoms with Crippen LogP contribution in [0.3, 0.4) is 0 Å². The molecule has 3 fully saturated rings. The molecule has 0 aromatic rings. The zero-order valence-electron chi connectivity index (χ0n) is 12.7. The van der Waals surface area contributed by atoms with Gasteiger partial charge in [-0.05, 0) is 17.6 Å². The van der Waals surface area contributed by atoms with Crippen LogP contribution in [-0.4, -0.2) is 23.5 Å². The maximum Gasteiger partial charge on any atom is 0.321 e. The maximum atomic E-state index is 12.5. The van der Waals surface area contributed by atoms with Gasteiger partial charge in [-0.25, -0.2) is 0 Å². The molecule has 6 unspecified atom stereocenters. The van der Waals surface area contributed by atoms with E-state index in [9.17, 15) is 19.2 Å². The van der Waals surface area contributed by atoms with E-state index in [0.717, 1.165) is 11.1 Å². The molecule has 0 amide bonds. The molecule has 0 bridgehead atoms. The number of ketones is 2. The average molecular weight is 322 g/mol. The lowest BCUT2D eigenvalue weighted by Crippen LogP contribution is -2.36. The normalized spacial score (nSPS) is 42.0. The van der Waals surface area contributed by atoms with Crippen molar-refractivity contribution in [3.05, 3.63) is 47.6 Å². The fourth-order valence-corrected chi connectivity index (χ4v) is 4.27. The molecule has 0 radical (unpaired) electrons. The van der Waals surface area contributed by atoms with Crippen LogP contribution in [0, 0.1) is 35.5 Å². The Morgan fingerprint density at radius 1 is 0.708 bits per heavy atom. The summed E-state index contributed by atoms with van der Waals surface area (Å²) < 4.78 is 4.67. The topological polar surface area (TPSA) is 77.5 Å². The number of carbonyl (C=O) groups is 4. The van der Waals surface area contributed by atoms with Crippen LogP contribution in [0.2, 0.25) is 0 Å². The molecule has 5 nitrogen and oxygen atoms in total. The summed E-state index contributed by atoms with van der Waals surface area (Å²) in [7, 11) is 0. The van der Waals surface area contributed by atoms with Crippen LogP contribution < -0.4 is 0 Å². The van der Waals surface area contributed by atoms with Crippen molar-refractivity contribution in [2.24, 2.45) is 35.5 Å². The van der Waals surface area contributed by atoms with E-state index in [2.05, 4.69) is 4.74 Å². The monoisotopic (exact) mass is 322 g/mol. The van der Waals surface area contributed by atoms with E-state index >= 15 is 0 Å². The molecule has 0 N–H and O–H groups in total. The number of hydrogen-bond acceptors (Lipinski definition) is 5. The second kappa shape index (κ2) is 4.50. The van der Waals surface area contributed by atoms with Gasteiger partial charge in [0.2, 0.25) is 0 Å². The van der Waals surface area contributed by atoms with Gasteiger partial charge in [-0.1, -0.05) is 36.5 Å². The van der Waals surface area contributed by atoms with Crippen molar-refractivity contribution in [1.82, 2.24) is 0 Å². The SMILES string of the molecule is O=C1OC(=O)C2C=C(C3=CC4C(=O)C5CC5C(=O)C4C=C3)C=CC12. The minimum Gasteiger partial charge on any atom is -0.392 e. The highest BCUT2D eigenvalue weighted by atomic mass is 16.6. The van der Waals surface area contributed by atoms with Gasteiger partial charge in [-0.3, -0.25) is 19.2 Å². The summed E-state index contributed by atoms with van der Waals surface area (Å²) in [6.45, 7) is 0. The van der Waals surface area contributed by atoms with Gasteiger partial charge in [0.15, 0.2) is 0 Å². The molecular formula is C19H14O5. The summed E-state index contributed by atoms with van der Waals surface area (Å²) >= 11 is 0. The standard InChI is InChI=1S/C19H14O5/c20-16-10-3-1-8(5-12(10)17(21)14-7-13(14)16)9-2-4-11-15(6-9)19(23)24-18(11)22/h1-6,10-15H,7H2. The predicted molar refractivity (Wildman–Crippen MR) is 81.1 cm³/mol. The first kappa shape index (κ1) is 13.8. The molecule has 120 valence electrons. The van der Waals surface area contributed by atoms with E-state index in [1.807, 2.05) is 18.2 Å². The minimum atomic E-state index is -0.596. The van der Waals surface area contributed by atoms with Crippen molar-refractivity contribution in [2.75, 3.05) is 0 Å². The minimum absolute atomic E-state index is 0.0628. The van der Waals surface area contributed by atoms with Crippen LogP contribution in [0.15, 0.2) is 47.6 Å². The molecule has 6 atom stereocenters. The lowest BCUT2D eigenvalue weighted by molar-refractivity contribution is -0.153. The molecule has 5 rings (SSSR count). The Morgan fingerprint density at radius 3 is 1.96 bits per heavy atom. The smallest absolute Gasteiger partial charge is 0.321 e. The van der Waals surface area contributed by atoms with Crippen LogP contribution in [0.1, 0.15) is 6.42 Å². The third kappa shape index (κ3) is 1.75. The number of fused-ring (bicyclic) bond motifs is 3. The molecule has 2 saturated carbocycles. The first-order valence-electron chi connectivity index (χ1n) is 8.18. The highest BCUT2D eigenvalue weighted by Crippen LogP contribution is 2.51. The van der Waals surface area contributed by atoms with Gasteiger partial charge in [0, 0.05) is 17.8 Å². The Kier molecular flexibility index (Phi) is 2.59. The van der Waals surface area contributed by atoms with E-state index in [-0.39, 0.29) is 29.3 Å². The van der Waals surface area contributed by atoms with Crippen LogP contribution in [0.25, 0.3) is 0 Å². The Balaban J connectivity index is 1.48. The van der Waals surface area contributed by atoms with E-state index in [1.165, 1.54) is 0 Å². The lowest BCUT2D eigenvalue weighted by atomic mass is 9.72. The molecular weight excluding hydrogens is 308 g/mol. The zero-order chi connectivity index (χ0) is 16.6. The van der Waals surface area contributed by atoms with E-state index < -0.39 is 29.7 Å². The summed E-state index contributed by atoms with van der Waals surface area (Å²) in [5.74, 6) is -2.76. The predicted octanol–water partition coefficient (Wildman–Crippen LogP) is 1.31. The molecule has 0 aromatic heterocycles. The van der Waals surface area contributed by atoms with Gasteiger partial charge in [-0.2, -0.15) is 0 Å². The second-order valence-corrected chi connectivity index (χ2v) is 7.06. The van der Waals surface area contributed by atoms with Crippen molar-refractivity contribution in [2.45, 2.75) is 6.42 Å². The van der Waals surface area contributed by atoms with Gasteiger partial charge in [0.25, 0.3) is 0 Å². The maximum absolute atomic E-state index is 12.5. The van der Waals surface area contributed by atoms with Crippen molar-refractivity contribution < 1.29 is 23.9 Å². The van der Waals surface area contributed by atoms with Crippen LogP contribution in [0.4, 0.5) is 0 Å². The largest absolute Gasteiger partial charge is 0.392 e. The van der Waals surface area contributed by atoms with Gasteiger partial charge < -0.3 is 4.74 Å². The molecule has 1 saturated heterocycles. The number of carbonyl (C=O) groups excluding carboxylic acids is 4. The third-order valence-corrected chi connectivity index (χ3v) is 5.72. The zero-order valence-corrected chi connectivity index (χ0v) is 12.7. The van der Waals surface area contributed by atoms with Crippen molar-refractivity contribution in [3.63, 3.8) is 0 Å². The van der Waals surface area contributed by atoms with Crippen molar-refractivity contribution in [3.8, 4) is 0 Å². The lowest BCUT2D eigenvalue weighted by Gasteiger charge is -2.28. The van der Waals surface area contributed by atoms with E-state index in [0.29, 0.717) is 6.42 Å². The van der Waals surface area contributed by atoms with Gasteiger partial charge in [-0.15, -0.1) is 0 Å². The number of hydrogen-bond donors (Lipinski definition) is 0. The molecule has 24 heavy (non-hydrogen) atoms. The van der Waals surface area contributed by atoms with Crippen molar-refractivity contribution in [1.29, 1.82) is 0 Å². The number of allylic oxidation sites excluding steroid dienone is 6. The summed E-state index contributed by atoms with van der Waals surface area (Å²) in [5.41, 5.74) is 1.61. The third-order valence-electron chi connectivity index (χ3n) is 5.72. The Hall–Kier alpha value is -2.56. The molecule has 1 aliphatic heterocycles. The number of rotatable bonds is 1. The molecule has 0 aromatic carbocycles. The quantitative estimate of drug-likeness (QED) is 0.537. The number of esters is 2. The second-order valence-electron chi connectivity index (χ2n) is 7.06. The Bertz CT molecular complexity index is 840. The van der Waals surface area contributed by atoms with Crippen LogP contribution >= 0.6 is 0 Å². The van der Waals surface area contributed by atoms with E-state index in [4.69, 9.17) is 0 Å². The Morgan fingerprint density at radius 2 is 1.25 bits per heavy atom.